The second kappa shape index (κ2) is 6.14. The van der Waals surface area contributed by atoms with Crippen molar-refractivity contribution in [2.45, 2.75) is 17.9 Å². The van der Waals surface area contributed by atoms with E-state index in [1.807, 2.05) is 0 Å². The van der Waals surface area contributed by atoms with E-state index in [9.17, 15) is 8.42 Å². The van der Waals surface area contributed by atoms with Crippen molar-refractivity contribution in [3.8, 4) is 0 Å². The summed E-state index contributed by atoms with van der Waals surface area (Å²) in [4.78, 5) is 0.183. The van der Waals surface area contributed by atoms with Gasteiger partial charge in [-0.15, -0.1) is 0 Å². The largest absolute Gasteiger partial charge is 0.241 e. The average molecular weight is 330 g/mol. The Bertz CT molecular complexity index is 682. The predicted molar refractivity (Wildman–Crippen MR) is 81.6 cm³/mol. The van der Waals surface area contributed by atoms with Crippen LogP contribution in [0.3, 0.4) is 0 Å². The maximum atomic E-state index is 12.2. The first-order valence-electron chi connectivity index (χ1n) is 5.92. The molecule has 0 heterocycles. The molecular formula is C14H13Cl2NO2S. The lowest BCUT2D eigenvalue weighted by Gasteiger charge is -2.14. The summed E-state index contributed by atoms with van der Waals surface area (Å²) in [5, 5.41) is 1.11. The third kappa shape index (κ3) is 3.73. The quantitative estimate of drug-likeness (QED) is 0.920. The Morgan fingerprint density at radius 2 is 1.35 bits per heavy atom. The third-order valence-corrected chi connectivity index (χ3v) is 4.89. The summed E-state index contributed by atoms with van der Waals surface area (Å²) in [7, 11) is -3.58. The van der Waals surface area contributed by atoms with Crippen LogP contribution in [0.5, 0.6) is 0 Å². The zero-order chi connectivity index (χ0) is 14.8. The van der Waals surface area contributed by atoms with Gasteiger partial charge in [0.05, 0.1) is 4.90 Å². The molecule has 2 aromatic rings. The van der Waals surface area contributed by atoms with Gasteiger partial charge in [0, 0.05) is 16.1 Å². The maximum Gasteiger partial charge on any atom is 0.241 e. The van der Waals surface area contributed by atoms with Crippen LogP contribution in [0.4, 0.5) is 0 Å². The van der Waals surface area contributed by atoms with Gasteiger partial charge in [-0.05, 0) is 48.9 Å². The molecule has 2 aromatic carbocycles. The average Bonchev–Trinajstić information content (AvgIpc) is 2.39. The number of sulfonamides is 1. The van der Waals surface area contributed by atoms with Crippen molar-refractivity contribution >= 4 is 33.2 Å². The van der Waals surface area contributed by atoms with Crippen molar-refractivity contribution in [3.05, 3.63) is 64.1 Å². The van der Waals surface area contributed by atoms with E-state index in [4.69, 9.17) is 23.2 Å². The minimum Gasteiger partial charge on any atom is -0.207 e. The Morgan fingerprint density at radius 3 is 1.85 bits per heavy atom. The monoisotopic (exact) mass is 329 g/mol. The van der Waals surface area contributed by atoms with Crippen molar-refractivity contribution in [3.63, 3.8) is 0 Å². The highest BCUT2D eigenvalue weighted by molar-refractivity contribution is 7.89. The number of nitrogens with one attached hydrogen (secondary N) is 1. The van der Waals surface area contributed by atoms with E-state index in [1.165, 1.54) is 12.1 Å². The lowest BCUT2D eigenvalue weighted by molar-refractivity contribution is 0.567. The van der Waals surface area contributed by atoms with Crippen molar-refractivity contribution in [2.75, 3.05) is 0 Å². The van der Waals surface area contributed by atoms with Gasteiger partial charge < -0.3 is 0 Å². The fourth-order valence-electron chi connectivity index (χ4n) is 1.73. The van der Waals surface area contributed by atoms with Gasteiger partial charge in [0.1, 0.15) is 0 Å². The Balaban J connectivity index is 2.19. The summed E-state index contributed by atoms with van der Waals surface area (Å²) < 4.78 is 27.0. The van der Waals surface area contributed by atoms with E-state index < -0.39 is 10.0 Å². The maximum absolute atomic E-state index is 12.2. The van der Waals surface area contributed by atoms with E-state index >= 15 is 0 Å². The molecule has 0 fully saturated rings. The Hall–Kier alpha value is -1.07. The van der Waals surface area contributed by atoms with Gasteiger partial charge >= 0.3 is 0 Å². The standard InChI is InChI=1S/C14H13Cl2NO2S/c1-10(11-2-4-12(15)5-3-11)17-20(18,19)14-8-6-13(16)7-9-14/h2-10,17H,1H3/t10-/m1/s1. The van der Waals surface area contributed by atoms with Gasteiger partial charge in [0.25, 0.3) is 0 Å². The summed E-state index contributed by atoms with van der Waals surface area (Å²) in [6.07, 6.45) is 0. The molecule has 2 rings (SSSR count). The second-order valence-electron chi connectivity index (χ2n) is 4.35. The third-order valence-electron chi connectivity index (χ3n) is 2.83. The zero-order valence-electron chi connectivity index (χ0n) is 10.7. The van der Waals surface area contributed by atoms with Crippen LogP contribution in [0.15, 0.2) is 53.4 Å². The van der Waals surface area contributed by atoms with Crippen molar-refractivity contribution in [1.29, 1.82) is 0 Å². The number of rotatable bonds is 4. The van der Waals surface area contributed by atoms with E-state index in [1.54, 1.807) is 43.3 Å². The molecule has 0 saturated carbocycles. The zero-order valence-corrected chi connectivity index (χ0v) is 13.0. The lowest BCUT2D eigenvalue weighted by Crippen LogP contribution is -2.26. The number of halogens is 2. The van der Waals surface area contributed by atoms with Crippen LogP contribution < -0.4 is 4.72 Å². The number of hydrogen-bond acceptors (Lipinski definition) is 2. The molecule has 0 spiro atoms. The fourth-order valence-corrected chi connectivity index (χ4v) is 3.22. The van der Waals surface area contributed by atoms with Crippen LogP contribution in [0.1, 0.15) is 18.5 Å². The van der Waals surface area contributed by atoms with Gasteiger partial charge in [-0.3, -0.25) is 0 Å². The summed E-state index contributed by atoms with van der Waals surface area (Å²) in [6, 6.07) is 12.7. The number of benzene rings is 2. The van der Waals surface area contributed by atoms with Crippen LogP contribution in [0, 0.1) is 0 Å². The van der Waals surface area contributed by atoms with Crippen molar-refractivity contribution < 1.29 is 8.42 Å². The SMILES string of the molecule is C[C@@H](NS(=O)(=O)c1ccc(Cl)cc1)c1ccc(Cl)cc1. The molecule has 1 atom stereocenters. The van der Waals surface area contributed by atoms with E-state index in [0.29, 0.717) is 10.0 Å². The molecule has 0 bridgehead atoms. The van der Waals surface area contributed by atoms with Crippen LogP contribution in [-0.4, -0.2) is 8.42 Å². The molecule has 20 heavy (non-hydrogen) atoms. The minimum atomic E-state index is -3.58. The van der Waals surface area contributed by atoms with E-state index in [-0.39, 0.29) is 10.9 Å². The summed E-state index contributed by atoms with van der Waals surface area (Å²) in [6.45, 7) is 1.77. The van der Waals surface area contributed by atoms with E-state index in [0.717, 1.165) is 5.56 Å². The van der Waals surface area contributed by atoms with E-state index in [2.05, 4.69) is 4.72 Å². The Morgan fingerprint density at radius 1 is 0.900 bits per heavy atom. The summed E-state index contributed by atoms with van der Waals surface area (Å²) >= 11 is 11.6. The summed E-state index contributed by atoms with van der Waals surface area (Å²) in [5.41, 5.74) is 0.840. The van der Waals surface area contributed by atoms with Crippen LogP contribution in [0.25, 0.3) is 0 Å². The molecule has 0 amide bonds. The smallest absolute Gasteiger partial charge is 0.207 e. The predicted octanol–water partition coefficient (Wildman–Crippen LogP) is 4.03. The molecule has 1 N–H and O–H groups in total. The Kier molecular flexibility index (Phi) is 4.70. The fraction of sp³-hybridized carbons (Fsp3) is 0.143. The number of hydrogen-bond donors (Lipinski definition) is 1. The molecule has 0 saturated heterocycles. The first kappa shape index (κ1) is 15.3. The second-order valence-corrected chi connectivity index (χ2v) is 6.94. The molecule has 0 unspecified atom stereocenters. The highest BCUT2D eigenvalue weighted by Gasteiger charge is 2.18. The first-order chi connectivity index (χ1) is 9.38. The van der Waals surface area contributed by atoms with Crippen LogP contribution in [0.2, 0.25) is 10.0 Å². The molecule has 6 heteroatoms. The summed E-state index contributed by atoms with van der Waals surface area (Å²) in [5.74, 6) is 0. The van der Waals surface area contributed by atoms with Crippen LogP contribution in [-0.2, 0) is 10.0 Å². The van der Waals surface area contributed by atoms with Gasteiger partial charge in [-0.25, -0.2) is 13.1 Å². The normalized spacial score (nSPS) is 13.2. The van der Waals surface area contributed by atoms with Gasteiger partial charge in [-0.1, -0.05) is 35.3 Å². The Labute approximate surface area is 128 Å². The minimum absolute atomic E-state index is 0.183. The van der Waals surface area contributed by atoms with Gasteiger partial charge in [-0.2, -0.15) is 0 Å². The van der Waals surface area contributed by atoms with Gasteiger partial charge in [0.15, 0.2) is 0 Å². The molecule has 0 aliphatic rings. The highest BCUT2D eigenvalue weighted by Crippen LogP contribution is 2.20. The highest BCUT2D eigenvalue weighted by atomic mass is 35.5. The lowest BCUT2D eigenvalue weighted by atomic mass is 10.1. The van der Waals surface area contributed by atoms with Crippen molar-refractivity contribution in [1.82, 2.24) is 4.72 Å². The van der Waals surface area contributed by atoms with Gasteiger partial charge in [0.2, 0.25) is 10.0 Å². The molecule has 0 aliphatic heterocycles. The molecule has 3 nitrogen and oxygen atoms in total. The van der Waals surface area contributed by atoms with Crippen molar-refractivity contribution in [2.24, 2.45) is 0 Å². The molecule has 0 radical (unpaired) electrons. The molecule has 0 aliphatic carbocycles. The molecule has 0 aromatic heterocycles. The molecular weight excluding hydrogens is 317 g/mol. The van der Waals surface area contributed by atoms with Crippen LogP contribution >= 0.6 is 23.2 Å². The molecule has 106 valence electrons. The first-order valence-corrected chi connectivity index (χ1v) is 8.16. The topological polar surface area (TPSA) is 46.2 Å².